The molecule has 0 saturated carbocycles. The van der Waals surface area contributed by atoms with Crippen LogP contribution in [0.15, 0.2) is 24.3 Å². The van der Waals surface area contributed by atoms with Crippen LogP contribution >= 0.6 is 0 Å². The van der Waals surface area contributed by atoms with E-state index in [0.29, 0.717) is 13.2 Å². The van der Waals surface area contributed by atoms with E-state index in [1.807, 2.05) is 37.8 Å². The molecule has 1 aliphatic rings. The molecule has 1 N–H and O–H groups in total. The van der Waals surface area contributed by atoms with Crippen molar-refractivity contribution in [2.45, 2.75) is 46.0 Å². The van der Waals surface area contributed by atoms with E-state index < -0.39 is 0 Å². The average Bonchev–Trinajstić information content (AvgIpc) is 2.67. The minimum atomic E-state index is -0.140. The summed E-state index contributed by atoms with van der Waals surface area (Å²) in [5.41, 5.74) is 2.36. The average molecular weight is 276 g/mol. The van der Waals surface area contributed by atoms with E-state index in [4.69, 9.17) is 4.74 Å². The van der Waals surface area contributed by atoms with E-state index in [-0.39, 0.29) is 24.2 Å². The fraction of sp³-hybridized carbons (Fsp3) is 0.562. The third-order valence-electron chi connectivity index (χ3n) is 3.64. The van der Waals surface area contributed by atoms with Gasteiger partial charge in [-0.15, -0.1) is 0 Å². The maximum atomic E-state index is 12.3. The monoisotopic (exact) mass is 276 g/mol. The van der Waals surface area contributed by atoms with Crippen LogP contribution in [0.3, 0.4) is 0 Å². The fourth-order valence-electron chi connectivity index (χ4n) is 2.55. The number of carbonyl (C=O) groups is 1. The Kier molecular flexibility index (Phi) is 4.78. The number of aryl methyl sites for hydroxylation is 1. The molecule has 1 fully saturated rings. The van der Waals surface area contributed by atoms with Crippen LogP contribution < -0.4 is 5.32 Å². The van der Waals surface area contributed by atoms with Gasteiger partial charge in [0.25, 0.3) is 0 Å². The normalized spacial score (nSPS) is 22.9. The third kappa shape index (κ3) is 3.19. The van der Waals surface area contributed by atoms with Crippen molar-refractivity contribution in [2.24, 2.45) is 0 Å². The number of carbonyl (C=O) groups excluding carboxylic acids is 1. The van der Waals surface area contributed by atoms with Crippen LogP contribution in [-0.2, 0) is 9.53 Å². The van der Waals surface area contributed by atoms with Gasteiger partial charge in [-0.25, -0.2) is 0 Å². The lowest BCUT2D eigenvalue weighted by Crippen LogP contribution is -2.34. The lowest BCUT2D eigenvalue weighted by Gasteiger charge is -2.26. The second-order valence-corrected chi connectivity index (χ2v) is 5.60. The number of hydrogen-bond donors (Lipinski definition) is 1. The van der Waals surface area contributed by atoms with Crippen molar-refractivity contribution in [3.8, 4) is 0 Å². The Bertz CT molecular complexity index is 473. The number of rotatable bonds is 5. The van der Waals surface area contributed by atoms with Gasteiger partial charge in [-0.05, 0) is 38.8 Å². The van der Waals surface area contributed by atoms with E-state index in [2.05, 4.69) is 24.4 Å². The number of nitrogens with zero attached hydrogens (tertiary/aromatic N) is 1. The highest BCUT2D eigenvalue weighted by Crippen LogP contribution is 2.27. The summed E-state index contributed by atoms with van der Waals surface area (Å²) in [4.78, 5) is 14.2. The quantitative estimate of drug-likeness (QED) is 0.896. The molecule has 0 aromatic heterocycles. The van der Waals surface area contributed by atoms with E-state index in [1.54, 1.807) is 0 Å². The molecule has 4 heteroatoms. The van der Waals surface area contributed by atoms with Gasteiger partial charge in [-0.1, -0.05) is 24.3 Å². The van der Waals surface area contributed by atoms with Gasteiger partial charge < -0.3 is 9.64 Å². The predicted molar refractivity (Wildman–Crippen MR) is 79.3 cm³/mol. The van der Waals surface area contributed by atoms with Gasteiger partial charge in [0.05, 0.1) is 18.8 Å². The van der Waals surface area contributed by atoms with Crippen molar-refractivity contribution in [1.82, 2.24) is 10.2 Å². The maximum absolute atomic E-state index is 12.3. The van der Waals surface area contributed by atoms with Crippen molar-refractivity contribution in [3.63, 3.8) is 0 Å². The Balaban J connectivity index is 2.13. The molecule has 0 spiro atoms. The highest BCUT2D eigenvalue weighted by atomic mass is 16.5. The second-order valence-electron chi connectivity index (χ2n) is 5.60. The molecule has 4 nitrogen and oxygen atoms in total. The summed E-state index contributed by atoms with van der Waals surface area (Å²) in [5.74, 6) is 0.144. The first-order chi connectivity index (χ1) is 9.50. The van der Waals surface area contributed by atoms with Crippen molar-refractivity contribution in [3.05, 3.63) is 35.4 Å². The van der Waals surface area contributed by atoms with Crippen LogP contribution in [0.2, 0.25) is 0 Å². The molecule has 1 aromatic rings. The van der Waals surface area contributed by atoms with E-state index in [0.717, 1.165) is 5.56 Å². The summed E-state index contributed by atoms with van der Waals surface area (Å²) < 4.78 is 5.58. The first kappa shape index (κ1) is 15.0. The zero-order valence-corrected chi connectivity index (χ0v) is 12.7. The van der Waals surface area contributed by atoms with Gasteiger partial charge in [0.2, 0.25) is 5.91 Å². The summed E-state index contributed by atoms with van der Waals surface area (Å²) in [7, 11) is 0. The van der Waals surface area contributed by atoms with E-state index in [1.165, 1.54) is 5.56 Å². The molecule has 20 heavy (non-hydrogen) atoms. The van der Waals surface area contributed by atoms with Gasteiger partial charge in [-0.2, -0.15) is 0 Å². The zero-order chi connectivity index (χ0) is 14.7. The minimum Gasteiger partial charge on any atom is -0.377 e. The number of benzene rings is 1. The topological polar surface area (TPSA) is 41.6 Å². The molecule has 2 unspecified atom stereocenters. The molecular formula is C16H24N2O2. The molecule has 1 aliphatic heterocycles. The minimum absolute atomic E-state index is 0.0468. The van der Waals surface area contributed by atoms with Gasteiger partial charge in [-0.3, -0.25) is 10.1 Å². The molecule has 2 atom stereocenters. The van der Waals surface area contributed by atoms with Crippen LogP contribution in [0.25, 0.3) is 0 Å². The van der Waals surface area contributed by atoms with Gasteiger partial charge >= 0.3 is 0 Å². The zero-order valence-electron chi connectivity index (χ0n) is 12.7. The number of amides is 1. The smallest absolute Gasteiger partial charge is 0.241 e. The molecule has 1 saturated heterocycles. The number of hydrogen-bond acceptors (Lipinski definition) is 3. The third-order valence-corrected chi connectivity index (χ3v) is 3.64. The molecule has 0 bridgehead atoms. The summed E-state index contributed by atoms with van der Waals surface area (Å²) >= 11 is 0. The summed E-state index contributed by atoms with van der Waals surface area (Å²) in [6.07, 6.45) is 0.143. The second kappa shape index (κ2) is 6.37. The Labute approximate surface area is 121 Å². The Morgan fingerprint density at radius 2 is 2.05 bits per heavy atom. The Morgan fingerprint density at radius 3 is 2.70 bits per heavy atom. The molecule has 2 rings (SSSR count). The Hall–Kier alpha value is -1.39. The molecule has 1 amide bonds. The van der Waals surface area contributed by atoms with Gasteiger partial charge in [0.1, 0.15) is 6.17 Å². The van der Waals surface area contributed by atoms with Crippen molar-refractivity contribution in [1.29, 1.82) is 0 Å². The first-order valence-corrected chi connectivity index (χ1v) is 7.24. The van der Waals surface area contributed by atoms with Crippen LogP contribution in [0.4, 0.5) is 0 Å². The summed E-state index contributed by atoms with van der Waals surface area (Å²) in [6, 6.07) is 8.05. The maximum Gasteiger partial charge on any atom is 0.241 e. The van der Waals surface area contributed by atoms with Crippen molar-refractivity contribution < 1.29 is 9.53 Å². The van der Waals surface area contributed by atoms with Crippen LogP contribution in [-0.4, -0.2) is 36.1 Å². The van der Waals surface area contributed by atoms with Crippen molar-refractivity contribution in [2.75, 3.05) is 13.2 Å². The molecule has 0 radical (unpaired) electrons. The number of nitrogens with one attached hydrogen (secondary N) is 1. The highest BCUT2D eigenvalue weighted by molar-refractivity contribution is 5.84. The fourth-order valence-corrected chi connectivity index (χ4v) is 2.55. The standard InChI is InChI=1S/C16H24N2O2/c1-11(2)20-10-9-18-15(17-13(4)16(18)19)14-8-6-5-7-12(14)3/h5-8,11,13,15,17H,9-10H2,1-4H3. The largest absolute Gasteiger partial charge is 0.377 e. The van der Waals surface area contributed by atoms with Gasteiger partial charge in [0, 0.05) is 6.54 Å². The molecule has 1 aromatic carbocycles. The van der Waals surface area contributed by atoms with Gasteiger partial charge in [0.15, 0.2) is 0 Å². The summed E-state index contributed by atoms with van der Waals surface area (Å²) in [5, 5.41) is 3.37. The van der Waals surface area contributed by atoms with Crippen LogP contribution in [0, 0.1) is 6.92 Å². The SMILES string of the molecule is Cc1ccccc1C1NC(C)C(=O)N1CCOC(C)C. The van der Waals surface area contributed by atoms with Crippen LogP contribution in [0.1, 0.15) is 38.1 Å². The lowest BCUT2D eigenvalue weighted by molar-refractivity contribution is -0.130. The molecule has 0 aliphatic carbocycles. The predicted octanol–water partition coefficient (Wildman–Crippen LogP) is 2.24. The Morgan fingerprint density at radius 1 is 1.35 bits per heavy atom. The molecule has 1 heterocycles. The highest BCUT2D eigenvalue weighted by Gasteiger charge is 2.37. The first-order valence-electron chi connectivity index (χ1n) is 7.24. The summed E-state index contributed by atoms with van der Waals surface area (Å²) in [6.45, 7) is 9.19. The van der Waals surface area contributed by atoms with E-state index in [9.17, 15) is 4.79 Å². The van der Waals surface area contributed by atoms with E-state index >= 15 is 0 Å². The van der Waals surface area contributed by atoms with Crippen molar-refractivity contribution >= 4 is 5.91 Å². The van der Waals surface area contributed by atoms with Crippen LogP contribution in [0.5, 0.6) is 0 Å². The molecular weight excluding hydrogens is 252 g/mol. The number of ether oxygens (including phenoxy) is 1. The molecule has 110 valence electrons. The lowest BCUT2D eigenvalue weighted by atomic mass is 10.1.